The molecule has 0 unspecified atom stereocenters. The summed E-state index contributed by atoms with van der Waals surface area (Å²) in [7, 11) is 0. The Bertz CT molecular complexity index is 350. The van der Waals surface area contributed by atoms with Crippen molar-refractivity contribution in [1.29, 1.82) is 0 Å². The summed E-state index contributed by atoms with van der Waals surface area (Å²) in [6.45, 7) is 7.82. The van der Waals surface area contributed by atoms with Gasteiger partial charge in [-0.3, -0.25) is 4.79 Å². The van der Waals surface area contributed by atoms with E-state index in [2.05, 4.69) is 6.58 Å². The molecule has 0 saturated carbocycles. The van der Waals surface area contributed by atoms with Gasteiger partial charge in [0, 0.05) is 12.0 Å². The molecule has 1 heteroatoms. The maximum atomic E-state index is 11.6. The van der Waals surface area contributed by atoms with Gasteiger partial charge in [-0.15, -0.1) is 0 Å². The summed E-state index contributed by atoms with van der Waals surface area (Å²) in [5.74, 6) is 0.218. The zero-order valence-corrected chi connectivity index (χ0v) is 8.84. The molecule has 0 aromatic heterocycles. The lowest BCUT2D eigenvalue weighted by atomic mass is 10.0. The average Bonchev–Trinajstić information content (AvgIpc) is 2.18. The van der Waals surface area contributed by atoms with Gasteiger partial charge < -0.3 is 0 Å². The van der Waals surface area contributed by atoms with Crippen molar-refractivity contribution in [1.82, 2.24) is 0 Å². The maximum Gasteiger partial charge on any atom is 0.162 e. The molecular formula is C13H16O. The first-order valence-electron chi connectivity index (χ1n) is 4.94. The SMILES string of the molecule is C=C(C)c1cccc(C(=O)CCC)c1. The largest absolute Gasteiger partial charge is 0.294 e. The Morgan fingerprint density at radius 2 is 2.00 bits per heavy atom. The van der Waals surface area contributed by atoms with Crippen LogP contribution in [0.3, 0.4) is 0 Å². The highest BCUT2D eigenvalue weighted by atomic mass is 16.1. The third kappa shape index (κ3) is 2.56. The molecule has 0 fully saturated rings. The molecule has 0 saturated heterocycles. The molecule has 0 bridgehead atoms. The number of Topliss-reactive ketones (excluding diaryl/α,β-unsaturated/α-hetero) is 1. The highest BCUT2D eigenvalue weighted by Crippen LogP contribution is 2.14. The van der Waals surface area contributed by atoms with Gasteiger partial charge in [-0.25, -0.2) is 0 Å². The highest BCUT2D eigenvalue weighted by Gasteiger charge is 2.04. The third-order valence-corrected chi connectivity index (χ3v) is 2.15. The molecule has 1 nitrogen and oxygen atoms in total. The number of hydrogen-bond acceptors (Lipinski definition) is 1. The molecule has 0 amide bonds. The minimum atomic E-state index is 0.218. The van der Waals surface area contributed by atoms with Gasteiger partial charge in [0.15, 0.2) is 5.78 Å². The van der Waals surface area contributed by atoms with Crippen LogP contribution in [-0.4, -0.2) is 5.78 Å². The van der Waals surface area contributed by atoms with Gasteiger partial charge in [0.25, 0.3) is 0 Å². The molecule has 0 aliphatic heterocycles. The fourth-order valence-corrected chi connectivity index (χ4v) is 1.33. The molecule has 0 radical (unpaired) electrons. The fourth-order valence-electron chi connectivity index (χ4n) is 1.33. The van der Waals surface area contributed by atoms with Gasteiger partial charge in [0.1, 0.15) is 0 Å². The van der Waals surface area contributed by atoms with Gasteiger partial charge in [-0.1, -0.05) is 37.3 Å². The lowest BCUT2D eigenvalue weighted by molar-refractivity contribution is 0.0981. The Hall–Kier alpha value is -1.37. The van der Waals surface area contributed by atoms with E-state index < -0.39 is 0 Å². The van der Waals surface area contributed by atoms with Crippen molar-refractivity contribution in [3.63, 3.8) is 0 Å². The zero-order valence-electron chi connectivity index (χ0n) is 8.84. The van der Waals surface area contributed by atoms with Crippen molar-refractivity contribution in [2.75, 3.05) is 0 Å². The van der Waals surface area contributed by atoms with Crippen LogP contribution in [-0.2, 0) is 0 Å². The Kier molecular flexibility index (Phi) is 3.63. The molecule has 0 aliphatic carbocycles. The topological polar surface area (TPSA) is 17.1 Å². The van der Waals surface area contributed by atoms with Gasteiger partial charge in [-0.05, 0) is 25.0 Å². The van der Waals surface area contributed by atoms with E-state index in [4.69, 9.17) is 0 Å². The third-order valence-electron chi connectivity index (χ3n) is 2.15. The van der Waals surface area contributed by atoms with Crippen LogP contribution in [0.4, 0.5) is 0 Å². The summed E-state index contributed by atoms with van der Waals surface area (Å²) < 4.78 is 0. The van der Waals surface area contributed by atoms with Crippen LogP contribution in [0.25, 0.3) is 5.57 Å². The summed E-state index contributed by atoms with van der Waals surface area (Å²) >= 11 is 0. The van der Waals surface area contributed by atoms with Crippen molar-refractivity contribution in [2.45, 2.75) is 26.7 Å². The van der Waals surface area contributed by atoms with Crippen LogP contribution in [0.15, 0.2) is 30.8 Å². The number of carbonyl (C=O) groups excluding carboxylic acids is 1. The van der Waals surface area contributed by atoms with Crippen LogP contribution in [0.1, 0.15) is 42.6 Å². The molecule has 0 aliphatic rings. The number of benzene rings is 1. The van der Waals surface area contributed by atoms with Gasteiger partial charge >= 0.3 is 0 Å². The monoisotopic (exact) mass is 188 g/mol. The standard InChI is InChI=1S/C13H16O/c1-4-6-13(14)12-8-5-7-11(9-12)10(2)3/h5,7-9H,2,4,6H2,1,3H3. The van der Waals surface area contributed by atoms with E-state index in [-0.39, 0.29) is 5.78 Å². The van der Waals surface area contributed by atoms with E-state index in [1.54, 1.807) is 0 Å². The minimum Gasteiger partial charge on any atom is -0.294 e. The van der Waals surface area contributed by atoms with Crippen molar-refractivity contribution < 1.29 is 4.79 Å². The van der Waals surface area contributed by atoms with Crippen molar-refractivity contribution >= 4 is 11.4 Å². The Balaban J connectivity index is 2.93. The van der Waals surface area contributed by atoms with E-state index in [1.807, 2.05) is 38.1 Å². The highest BCUT2D eigenvalue weighted by molar-refractivity contribution is 5.96. The van der Waals surface area contributed by atoms with E-state index >= 15 is 0 Å². The molecule has 0 heterocycles. The van der Waals surface area contributed by atoms with E-state index in [0.717, 1.165) is 23.1 Å². The second-order valence-electron chi connectivity index (χ2n) is 3.53. The van der Waals surface area contributed by atoms with Crippen LogP contribution < -0.4 is 0 Å². The van der Waals surface area contributed by atoms with Crippen LogP contribution in [0, 0.1) is 0 Å². The van der Waals surface area contributed by atoms with Crippen molar-refractivity contribution in [3.8, 4) is 0 Å². The van der Waals surface area contributed by atoms with Gasteiger partial charge in [0.2, 0.25) is 0 Å². The summed E-state index contributed by atoms with van der Waals surface area (Å²) in [5.41, 5.74) is 2.84. The number of allylic oxidation sites excluding steroid dienone is 1. The summed E-state index contributed by atoms with van der Waals surface area (Å²) in [6.07, 6.45) is 1.52. The number of hydrogen-bond donors (Lipinski definition) is 0. The van der Waals surface area contributed by atoms with E-state index in [0.29, 0.717) is 6.42 Å². The zero-order chi connectivity index (χ0) is 10.6. The second-order valence-corrected chi connectivity index (χ2v) is 3.53. The predicted octanol–water partition coefficient (Wildman–Crippen LogP) is 3.70. The predicted molar refractivity (Wildman–Crippen MR) is 60.4 cm³/mol. The number of rotatable bonds is 4. The molecule has 1 aromatic carbocycles. The quantitative estimate of drug-likeness (QED) is 0.658. The molecule has 0 N–H and O–H groups in total. The Morgan fingerprint density at radius 3 is 2.57 bits per heavy atom. The first-order valence-corrected chi connectivity index (χ1v) is 4.94. The fraction of sp³-hybridized carbons (Fsp3) is 0.308. The molecular weight excluding hydrogens is 172 g/mol. The van der Waals surface area contributed by atoms with Crippen molar-refractivity contribution in [3.05, 3.63) is 42.0 Å². The van der Waals surface area contributed by atoms with Gasteiger partial charge in [0.05, 0.1) is 0 Å². The van der Waals surface area contributed by atoms with Crippen molar-refractivity contribution in [2.24, 2.45) is 0 Å². The Morgan fingerprint density at radius 1 is 1.36 bits per heavy atom. The Labute approximate surface area is 85.5 Å². The molecule has 1 rings (SSSR count). The maximum absolute atomic E-state index is 11.6. The minimum absolute atomic E-state index is 0.218. The number of ketones is 1. The van der Waals surface area contributed by atoms with Gasteiger partial charge in [-0.2, -0.15) is 0 Å². The van der Waals surface area contributed by atoms with Crippen LogP contribution in [0.5, 0.6) is 0 Å². The molecule has 1 aromatic rings. The van der Waals surface area contributed by atoms with E-state index in [1.165, 1.54) is 0 Å². The number of carbonyl (C=O) groups is 1. The van der Waals surface area contributed by atoms with E-state index in [9.17, 15) is 4.79 Å². The summed E-state index contributed by atoms with van der Waals surface area (Å²) in [5, 5.41) is 0. The molecule has 14 heavy (non-hydrogen) atoms. The average molecular weight is 188 g/mol. The molecule has 0 atom stereocenters. The first kappa shape index (κ1) is 10.7. The van der Waals surface area contributed by atoms with Crippen LogP contribution in [0.2, 0.25) is 0 Å². The normalized spacial score (nSPS) is 9.86. The molecule has 74 valence electrons. The first-order chi connectivity index (χ1) is 6.65. The van der Waals surface area contributed by atoms with Crippen LogP contribution >= 0.6 is 0 Å². The summed E-state index contributed by atoms with van der Waals surface area (Å²) in [4.78, 5) is 11.6. The lowest BCUT2D eigenvalue weighted by Crippen LogP contribution is -1.98. The smallest absolute Gasteiger partial charge is 0.162 e. The second kappa shape index (κ2) is 4.75. The summed E-state index contributed by atoms with van der Waals surface area (Å²) in [6, 6.07) is 7.67. The lowest BCUT2D eigenvalue weighted by Gasteiger charge is -2.03. The molecule has 0 spiro atoms.